The quantitative estimate of drug-likeness (QED) is 0.849. The topological polar surface area (TPSA) is 58.7 Å². The summed E-state index contributed by atoms with van der Waals surface area (Å²) < 4.78 is 1.87. The summed E-state index contributed by atoms with van der Waals surface area (Å²) in [7, 11) is 0. The van der Waals surface area contributed by atoms with Crippen molar-refractivity contribution in [1.29, 1.82) is 5.26 Å². The standard InChI is InChI=1S/C16H23N3O/c1-12(2)19-9-6-13(18-19)10-16(11-17)8-5-7-15(3,4)14(16)20/h6,9,12H,5,7-8,10H2,1-4H3. The van der Waals surface area contributed by atoms with Gasteiger partial charge in [-0.3, -0.25) is 9.48 Å². The van der Waals surface area contributed by atoms with Crippen LogP contribution in [0.5, 0.6) is 0 Å². The van der Waals surface area contributed by atoms with Crippen LogP contribution >= 0.6 is 0 Å². The monoisotopic (exact) mass is 273 g/mol. The fourth-order valence-electron chi connectivity index (χ4n) is 3.09. The highest BCUT2D eigenvalue weighted by Crippen LogP contribution is 2.44. The Kier molecular flexibility index (Phi) is 3.73. The number of nitrogens with zero attached hydrogens (tertiary/aromatic N) is 3. The molecule has 1 unspecified atom stereocenters. The van der Waals surface area contributed by atoms with Crippen molar-refractivity contribution in [3.8, 4) is 6.07 Å². The number of nitriles is 1. The van der Waals surface area contributed by atoms with Gasteiger partial charge in [0.1, 0.15) is 5.41 Å². The number of Topliss-reactive ketones (excluding diaryl/α,β-unsaturated/α-hetero) is 1. The van der Waals surface area contributed by atoms with Gasteiger partial charge in [0.05, 0.1) is 11.8 Å². The summed E-state index contributed by atoms with van der Waals surface area (Å²) in [4.78, 5) is 12.7. The maximum atomic E-state index is 12.7. The summed E-state index contributed by atoms with van der Waals surface area (Å²) in [6.07, 6.45) is 4.81. The fourth-order valence-corrected chi connectivity index (χ4v) is 3.09. The summed E-state index contributed by atoms with van der Waals surface area (Å²) in [5.41, 5.74) is -0.446. The first kappa shape index (κ1) is 14.8. The maximum absolute atomic E-state index is 12.7. The predicted molar refractivity (Wildman–Crippen MR) is 77.0 cm³/mol. The maximum Gasteiger partial charge on any atom is 0.159 e. The van der Waals surface area contributed by atoms with Crippen molar-refractivity contribution >= 4 is 5.78 Å². The summed E-state index contributed by atoms with van der Waals surface area (Å²) >= 11 is 0. The first-order valence-electron chi connectivity index (χ1n) is 7.31. The van der Waals surface area contributed by atoms with Gasteiger partial charge in [0, 0.05) is 24.1 Å². The molecule has 0 saturated heterocycles. The lowest BCUT2D eigenvalue weighted by molar-refractivity contribution is -0.138. The average Bonchev–Trinajstić information content (AvgIpc) is 2.83. The Labute approximate surface area is 120 Å². The molecule has 4 nitrogen and oxygen atoms in total. The van der Waals surface area contributed by atoms with E-state index in [4.69, 9.17) is 0 Å². The van der Waals surface area contributed by atoms with E-state index < -0.39 is 10.8 Å². The molecule has 0 amide bonds. The number of aromatic nitrogens is 2. The molecule has 20 heavy (non-hydrogen) atoms. The van der Waals surface area contributed by atoms with Gasteiger partial charge in [-0.1, -0.05) is 20.3 Å². The van der Waals surface area contributed by atoms with Crippen LogP contribution in [0.25, 0.3) is 0 Å². The molecule has 1 aromatic heterocycles. The lowest BCUT2D eigenvalue weighted by Crippen LogP contribution is -2.45. The van der Waals surface area contributed by atoms with Crippen LogP contribution in [-0.4, -0.2) is 15.6 Å². The van der Waals surface area contributed by atoms with Crippen LogP contribution in [0.1, 0.15) is 58.7 Å². The second-order valence-electron chi connectivity index (χ2n) is 6.82. The van der Waals surface area contributed by atoms with E-state index in [0.29, 0.717) is 18.9 Å². The lowest BCUT2D eigenvalue weighted by Gasteiger charge is -2.38. The third kappa shape index (κ3) is 2.49. The van der Waals surface area contributed by atoms with Crippen LogP contribution in [0.3, 0.4) is 0 Å². The van der Waals surface area contributed by atoms with E-state index in [1.54, 1.807) is 0 Å². The second kappa shape index (κ2) is 5.05. The van der Waals surface area contributed by atoms with E-state index in [2.05, 4.69) is 25.0 Å². The van der Waals surface area contributed by atoms with Crippen molar-refractivity contribution in [3.63, 3.8) is 0 Å². The highest BCUT2D eigenvalue weighted by molar-refractivity contribution is 5.93. The Morgan fingerprint density at radius 2 is 2.15 bits per heavy atom. The smallest absolute Gasteiger partial charge is 0.159 e. The zero-order chi connectivity index (χ0) is 15.0. The molecular formula is C16H23N3O. The van der Waals surface area contributed by atoms with Gasteiger partial charge in [-0.05, 0) is 32.8 Å². The third-order valence-corrected chi connectivity index (χ3v) is 4.34. The average molecular weight is 273 g/mol. The molecule has 1 aliphatic carbocycles. The molecule has 1 aromatic rings. The Morgan fingerprint density at radius 3 is 2.70 bits per heavy atom. The molecule has 2 rings (SSSR count). The summed E-state index contributed by atoms with van der Waals surface area (Å²) in [5.74, 6) is 0.0813. The molecule has 108 valence electrons. The molecule has 0 radical (unpaired) electrons. The zero-order valence-electron chi connectivity index (χ0n) is 12.8. The van der Waals surface area contributed by atoms with Crippen molar-refractivity contribution in [1.82, 2.24) is 9.78 Å². The highest BCUT2D eigenvalue weighted by atomic mass is 16.1. The minimum Gasteiger partial charge on any atom is -0.297 e. The molecule has 1 heterocycles. The normalized spacial score (nSPS) is 25.7. The lowest BCUT2D eigenvalue weighted by atomic mass is 9.61. The summed E-state index contributed by atoms with van der Waals surface area (Å²) in [5, 5.41) is 14.1. The molecular weight excluding hydrogens is 250 g/mol. The molecule has 1 saturated carbocycles. The van der Waals surface area contributed by atoms with Gasteiger partial charge in [0.2, 0.25) is 0 Å². The summed E-state index contributed by atoms with van der Waals surface area (Å²) in [6.45, 7) is 8.03. The van der Waals surface area contributed by atoms with Crippen molar-refractivity contribution in [2.45, 2.75) is 59.4 Å². The van der Waals surface area contributed by atoms with E-state index in [-0.39, 0.29) is 5.78 Å². The van der Waals surface area contributed by atoms with Gasteiger partial charge in [0.25, 0.3) is 0 Å². The molecule has 0 spiro atoms. The summed E-state index contributed by atoms with van der Waals surface area (Å²) in [6, 6.07) is 4.53. The molecule has 0 aromatic carbocycles. The number of carbonyl (C=O) groups is 1. The third-order valence-electron chi connectivity index (χ3n) is 4.34. The number of rotatable bonds is 3. The van der Waals surface area contributed by atoms with Crippen LogP contribution in [0, 0.1) is 22.2 Å². The van der Waals surface area contributed by atoms with E-state index in [0.717, 1.165) is 18.5 Å². The number of hydrogen-bond acceptors (Lipinski definition) is 3. The van der Waals surface area contributed by atoms with E-state index in [1.807, 2.05) is 30.8 Å². The zero-order valence-corrected chi connectivity index (χ0v) is 12.8. The Morgan fingerprint density at radius 1 is 1.45 bits per heavy atom. The Balaban J connectivity index is 2.28. The van der Waals surface area contributed by atoms with Crippen LogP contribution in [-0.2, 0) is 11.2 Å². The van der Waals surface area contributed by atoms with Crippen molar-refractivity contribution in [2.24, 2.45) is 10.8 Å². The first-order valence-corrected chi connectivity index (χ1v) is 7.31. The Bertz CT molecular complexity index is 550. The number of carbonyl (C=O) groups excluding carboxylic acids is 1. The van der Waals surface area contributed by atoms with E-state index >= 15 is 0 Å². The van der Waals surface area contributed by atoms with Crippen LogP contribution in [0.15, 0.2) is 12.3 Å². The molecule has 1 fully saturated rings. The van der Waals surface area contributed by atoms with Crippen LogP contribution < -0.4 is 0 Å². The minimum absolute atomic E-state index is 0.0813. The molecule has 0 aliphatic heterocycles. The first-order chi connectivity index (χ1) is 9.31. The van der Waals surface area contributed by atoms with Gasteiger partial charge in [-0.15, -0.1) is 0 Å². The van der Waals surface area contributed by atoms with Gasteiger partial charge in [-0.25, -0.2) is 0 Å². The fraction of sp³-hybridized carbons (Fsp3) is 0.688. The molecule has 1 atom stereocenters. The predicted octanol–water partition coefficient (Wildman–Crippen LogP) is 3.30. The largest absolute Gasteiger partial charge is 0.297 e. The van der Waals surface area contributed by atoms with Gasteiger partial charge < -0.3 is 0 Å². The van der Waals surface area contributed by atoms with Gasteiger partial charge in [0.15, 0.2) is 5.78 Å². The van der Waals surface area contributed by atoms with E-state index in [1.165, 1.54) is 0 Å². The minimum atomic E-state index is -0.891. The van der Waals surface area contributed by atoms with Crippen LogP contribution in [0.2, 0.25) is 0 Å². The van der Waals surface area contributed by atoms with Gasteiger partial charge in [-0.2, -0.15) is 10.4 Å². The van der Waals surface area contributed by atoms with Crippen molar-refractivity contribution < 1.29 is 4.79 Å². The molecule has 0 N–H and O–H groups in total. The van der Waals surface area contributed by atoms with E-state index in [9.17, 15) is 10.1 Å². The number of hydrogen-bond donors (Lipinski definition) is 0. The van der Waals surface area contributed by atoms with Crippen LogP contribution in [0.4, 0.5) is 0 Å². The second-order valence-corrected chi connectivity index (χ2v) is 6.82. The van der Waals surface area contributed by atoms with Crippen molar-refractivity contribution in [2.75, 3.05) is 0 Å². The highest BCUT2D eigenvalue weighted by Gasteiger charge is 2.49. The SMILES string of the molecule is CC(C)n1ccc(CC2(C#N)CCCC(C)(C)C2=O)n1. The van der Waals surface area contributed by atoms with Crippen molar-refractivity contribution in [3.05, 3.63) is 18.0 Å². The molecule has 1 aliphatic rings. The number of ketones is 1. The molecule has 4 heteroatoms. The molecule has 0 bridgehead atoms. The Hall–Kier alpha value is -1.63. The van der Waals surface area contributed by atoms with Gasteiger partial charge >= 0.3 is 0 Å².